The van der Waals surface area contributed by atoms with Crippen molar-refractivity contribution in [3.05, 3.63) is 29.5 Å². The number of hydrogen-bond donors (Lipinski definition) is 0. The molecule has 2 rings (SSSR count). The number of carbonyl (C=O) groups is 1. The Labute approximate surface area is 126 Å². The first-order valence-electron chi connectivity index (χ1n) is 7.35. The Hall–Kier alpha value is -1.84. The van der Waals surface area contributed by atoms with Crippen LogP contribution in [0.15, 0.2) is 18.2 Å². The Balaban J connectivity index is 2.39. The van der Waals surface area contributed by atoms with Crippen molar-refractivity contribution in [1.29, 1.82) is 0 Å². The highest BCUT2D eigenvalue weighted by Gasteiger charge is 2.19. The Morgan fingerprint density at radius 2 is 2.00 bits per heavy atom. The maximum absolute atomic E-state index is 12.1. The van der Waals surface area contributed by atoms with Crippen molar-refractivity contribution in [2.45, 2.75) is 52.6 Å². The van der Waals surface area contributed by atoms with Gasteiger partial charge in [-0.15, -0.1) is 0 Å². The summed E-state index contributed by atoms with van der Waals surface area (Å²) in [5, 5.41) is 5.72. The molecule has 2 aromatic rings. The third-order valence-corrected chi connectivity index (χ3v) is 3.28. The normalized spacial score (nSPS) is 12.1. The van der Waals surface area contributed by atoms with E-state index in [1.54, 1.807) is 0 Å². The van der Waals surface area contributed by atoms with Crippen molar-refractivity contribution < 1.29 is 9.53 Å². The molecular weight excluding hydrogens is 264 g/mol. The molecule has 0 aliphatic heterocycles. The molecule has 114 valence electrons. The summed E-state index contributed by atoms with van der Waals surface area (Å²) in [6.45, 7) is 9.90. The van der Waals surface area contributed by atoms with E-state index in [9.17, 15) is 4.79 Å². The molecule has 0 fully saturated rings. The van der Waals surface area contributed by atoms with E-state index in [1.807, 2.05) is 44.6 Å². The number of nitrogens with zero attached hydrogens (tertiary/aromatic N) is 2. The molecule has 0 saturated carbocycles. The van der Waals surface area contributed by atoms with Gasteiger partial charge < -0.3 is 4.74 Å². The van der Waals surface area contributed by atoms with E-state index >= 15 is 0 Å². The molecule has 0 unspecified atom stereocenters. The van der Waals surface area contributed by atoms with Gasteiger partial charge in [0.2, 0.25) is 0 Å². The van der Waals surface area contributed by atoms with Crippen LogP contribution in [0.4, 0.5) is 0 Å². The predicted octanol–water partition coefficient (Wildman–Crippen LogP) is 3.58. The van der Waals surface area contributed by atoms with Crippen LogP contribution in [0.2, 0.25) is 0 Å². The second kappa shape index (κ2) is 5.51. The number of aromatic nitrogens is 2. The Bertz CT molecular complexity index is 663. The van der Waals surface area contributed by atoms with Gasteiger partial charge in [0.1, 0.15) is 5.60 Å². The monoisotopic (exact) mass is 288 g/mol. The number of carbonyl (C=O) groups excluding carboxylic acids is 1. The van der Waals surface area contributed by atoms with Gasteiger partial charge in [0.25, 0.3) is 0 Å². The molecule has 0 bridgehead atoms. The number of rotatable bonds is 3. The average Bonchev–Trinajstić information content (AvgIpc) is 2.65. The van der Waals surface area contributed by atoms with Gasteiger partial charge in [-0.05, 0) is 32.3 Å². The van der Waals surface area contributed by atoms with Gasteiger partial charge >= 0.3 is 5.97 Å². The van der Waals surface area contributed by atoms with Gasteiger partial charge in [-0.3, -0.25) is 9.48 Å². The highest BCUT2D eigenvalue weighted by Crippen LogP contribution is 2.27. The van der Waals surface area contributed by atoms with Gasteiger partial charge in [-0.25, -0.2) is 0 Å². The first-order chi connectivity index (χ1) is 9.69. The molecule has 0 aliphatic carbocycles. The minimum atomic E-state index is -0.458. The number of benzene rings is 1. The summed E-state index contributed by atoms with van der Waals surface area (Å²) in [5.74, 6) is 0.146. The largest absolute Gasteiger partial charge is 0.460 e. The van der Waals surface area contributed by atoms with Gasteiger partial charge in [-0.1, -0.05) is 32.0 Å². The zero-order valence-electron chi connectivity index (χ0n) is 13.7. The van der Waals surface area contributed by atoms with E-state index in [2.05, 4.69) is 25.0 Å². The highest BCUT2D eigenvalue weighted by atomic mass is 16.6. The molecular formula is C17H24N2O2. The molecule has 0 radical (unpaired) electrons. The van der Waals surface area contributed by atoms with E-state index < -0.39 is 5.60 Å². The van der Waals surface area contributed by atoms with E-state index in [1.165, 1.54) is 0 Å². The first-order valence-corrected chi connectivity index (χ1v) is 7.35. The quantitative estimate of drug-likeness (QED) is 0.811. The number of hydrogen-bond acceptors (Lipinski definition) is 3. The molecule has 1 heterocycles. The van der Waals surface area contributed by atoms with Gasteiger partial charge in [-0.2, -0.15) is 5.10 Å². The second-order valence-corrected chi connectivity index (χ2v) is 6.74. The number of fused-ring (bicyclic) bond motifs is 1. The maximum Gasteiger partial charge on any atom is 0.310 e. The Morgan fingerprint density at radius 1 is 1.33 bits per heavy atom. The Morgan fingerprint density at radius 3 is 2.57 bits per heavy atom. The molecule has 0 aliphatic rings. The predicted molar refractivity (Wildman–Crippen MR) is 84.4 cm³/mol. The maximum atomic E-state index is 12.1. The van der Waals surface area contributed by atoms with Crippen molar-refractivity contribution in [3.63, 3.8) is 0 Å². The van der Waals surface area contributed by atoms with Crippen molar-refractivity contribution in [2.24, 2.45) is 7.05 Å². The smallest absolute Gasteiger partial charge is 0.310 e. The van der Waals surface area contributed by atoms with Crippen LogP contribution in [0.3, 0.4) is 0 Å². The summed E-state index contributed by atoms with van der Waals surface area (Å²) in [6, 6.07) is 6.02. The lowest BCUT2D eigenvalue weighted by molar-refractivity contribution is -0.153. The molecule has 4 nitrogen and oxygen atoms in total. The van der Waals surface area contributed by atoms with Crippen LogP contribution in [0.25, 0.3) is 10.9 Å². The summed E-state index contributed by atoms with van der Waals surface area (Å²) in [6.07, 6.45) is 0.270. The molecule has 1 aromatic heterocycles. The van der Waals surface area contributed by atoms with E-state index in [4.69, 9.17) is 4.74 Å². The highest BCUT2D eigenvalue weighted by molar-refractivity contribution is 5.88. The lowest BCUT2D eigenvalue weighted by Gasteiger charge is -2.19. The topological polar surface area (TPSA) is 44.1 Å². The fourth-order valence-electron chi connectivity index (χ4n) is 2.55. The van der Waals surface area contributed by atoms with Crippen LogP contribution in [-0.2, 0) is 23.0 Å². The number of ether oxygens (including phenoxy) is 1. The first kappa shape index (κ1) is 15.5. The van der Waals surface area contributed by atoms with Gasteiger partial charge in [0.15, 0.2) is 0 Å². The summed E-state index contributed by atoms with van der Waals surface area (Å²) in [7, 11) is 1.92. The molecule has 0 N–H and O–H groups in total. The molecule has 0 amide bonds. The summed E-state index contributed by atoms with van der Waals surface area (Å²) in [5.41, 5.74) is 2.59. The minimum Gasteiger partial charge on any atom is -0.460 e. The second-order valence-electron chi connectivity index (χ2n) is 6.74. The van der Waals surface area contributed by atoms with Crippen LogP contribution >= 0.6 is 0 Å². The van der Waals surface area contributed by atoms with Crippen molar-refractivity contribution in [1.82, 2.24) is 9.78 Å². The van der Waals surface area contributed by atoms with Gasteiger partial charge in [0.05, 0.1) is 17.6 Å². The number of aryl methyl sites for hydroxylation is 1. The lowest BCUT2D eigenvalue weighted by atomic mass is 10.0. The lowest BCUT2D eigenvalue weighted by Crippen LogP contribution is -2.25. The number of para-hydroxylation sites is 1. The molecule has 0 spiro atoms. The zero-order chi connectivity index (χ0) is 15.8. The zero-order valence-corrected chi connectivity index (χ0v) is 13.7. The molecule has 21 heavy (non-hydrogen) atoms. The van der Waals surface area contributed by atoms with Crippen LogP contribution in [0.5, 0.6) is 0 Å². The fourth-order valence-corrected chi connectivity index (χ4v) is 2.55. The van der Waals surface area contributed by atoms with Gasteiger partial charge in [0, 0.05) is 12.4 Å². The summed E-state index contributed by atoms with van der Waals surface area (Å²) in [4.78, 5) is 12.1. The van der Waals surface area contributed by atoms with Crippen molar-refractivity contribution in [2.75, 3.05) is 0 Å². The van der Waals surface area contributed by atoms with Crippen LogP contribution in [-0.4, -0.2) is 21.4 Å². The third kappa shape index (κ3) is 3.43. The molecule has 4 heteroatoms. The SMILES string of the molecule is CC(C)c1nn(C)c2c(CC(=O)OC(C)(C)C)cccc12. The Kier molecular flexibility index (Phi) is 4.08. The standard InChI is InChI=1S/C17H24N2O2/c1-11(2)15-13-9-7-8-12(16(13)19(6)18-15)10-14(20)21-17(3,4)5/h7-9,11H,10H2,1-6H3. The molecule has 0 saturated heterocycles. The third-order valence-electron chi connectivity index (χ3n) is 3.28. The molecule has 0 atom stereocenters. The fraction of sp³-hybridized carbons (Fsp3) is 0.529. The summed E-state index contributed by atoms with van der Waals surface area (Å²) < 4.78 is 7.28. The summed E-state index contributed by atoms with van der Waals surface area (Å²) >= 11 is 0. The minimum absolute atomic E-state index is 0.206. The number of esters is 1. The van der Waals surface area contributed by atoms with E-state index in [0.717, 1.165) is 22.2 Å². The van der Waals surface area contributed by atoms with Crippen molar-refractivity contribution >= 4 is 16.9 Å². The van der Waals surface area contributed by atoms with Crippen molar-refractivity contribution in [3.8, 4) is 0 Å². The van der Waals surface area contributed by atoms with Crippen LogP contribution in [0, 0.1) is 0 Å². The molecule has 1 aromatic carbocycles. The van der Waals surface area contributed by atoms with E-state index in [-0.39, 0.29) is 12.4 Å². The average molecular weight is 288 g/mol. The van der Waals surface area contributed by atoms with Crippen LogP contribution < -0.4 is 0 Å². The van der Waals surface area contributed by atoms with Crippen LogP contribution in [0.1, 0.15) is 51.8 Å². The van der Waals surface area contributed by atoms with E-state index in [0.29, 0.717) is 5.92 Å².